The van der Waals surface area contributed by atoms with Gasteiger partial charge in [-0.15, -0.1) is 0 Å². The van der Waals surface area contributed by atoms with E-state index in [9.17, 15) is 9.18 Å². The van der Waals surface area contributed by atoms with E-state index < -0.39 is 6.04 Å². The second-order valence-corrected chi connectivity index (χ2v) is 5.45. The highest BCUT2D eigenvalue weighted by Gasteiger charge is 2.22. The summed E-state index contributed by atoms with van der Waals surface area (Å²) < 4.78 is 13.4. The molecule has 4 nitrogen and oxygen atoms in total. The van der Waals surface area contributed by atoms with Crippen molar-refractivity contribution in [2.75, 3.05) is 14.1 Å². The van der Waals surface area contributed by atoms with Gasteiger partial charge in [-0.1, -0.05) is 24.3 Å². The molecule has 1 amide bonds. The summed E-state index contributed by atoms with van der Waals surface area (Å²) in [5.74, 6) is -0.570. The second kappa shape index (κ2) is 7.52. The van der Waals surface area contributed by atoms with E-state index in [0.29, 0.717) is 17.7 Å². The van der Waals surface area contributed by atoms with Crippen molar-refractivity contribution in [2.24, 2.45) is 0 Å². The Balaban J connectivity index is 2.08. The lowest BCUT2D eigenvalue weighted by molar-refractivity contribution is -0.125. The van der Waals surface area contributed by atoms with E-state index in [0.717, 1.165) is 5.56 Å². The summed E-state index contributed by atoms with van der Waals surface area (Å²) in [6.45, 7) is 0.351. The lowest BCUT2D eigenvalue weighted by Crippen LogP contribution is -2.36. The smallest absolute Gasteiger partial charge is 0.242 e. The third kappa shape index (κ3) is 4.38. The van der Waals surface area contributed by atoms with Crippen molar-refractivity contribution in [3.05, 3.63) is 71.0 Å². The molecule has 0 heterocycles. The van der Waals surface area contributed by atoms with E-state index >= 15 is 0 Å². The van der Waals surface area contributed by atoms with Crippen LogP contribution in [0.15, 0.2) is 48.5 Å². The zero-order chi connectivity index (χ0) is 16.8. The normalized spacial score (nSPS) is 11.8. The van der Waals surface area contributed by atoms with Crippen LogP contribution >= 0.6 is 0 Å². The first-order chi connectivity index (χ1) is 11.0. The number of hydrogen-bond donors (Lipinski definition) is 1. The maximum Gasteiger partial charge on any atom is 0.242 e. The molecule has 2 aromatic carbocycles. The summed E-state index contributed by atoms with van der Waals surface area (Å²) >= 11 is 0. The number of halogens is 1. The minimum Gasteiger partial charge on any atom is -0.350 e. The van der Waals surface area contributed by atoms with Gasteiger partial charge >= 0.3 is 0 Å². The summed E-state index contributed by atoms with van der Waals surface area (Å²) in [5.41, 5.74) is 2.08. The van der Waals surface area contributed by atoms with Crippen molar-refractivity contribution < 1.29 is 9.18 Å². The number of nitriles is 1. The van der Waals surface area contributed by atoms with Crippen LogP contribution in [0.3, 0.4) is 0 Å². The third-order valence-electron chi connectivity index (χ3n) is 3.48. The Labute approximate surface area is 135 Å². The summed E-state index contributed by atoms with van der Waals surface area (Å²) in [7, 11) is 3.55. The quantitative estimate of drug-likeness (QED) is 0.923. The summed E-state index contributed by atoms with van der Waals surface area (Å²) in [4.78, 5) is 14.2. The van der Waals surface area contributed by atoms with Crippen LogP contribution in [0.4, 0.5) is 4.39 Å². The van der Waals surface area contributed by atoms with Gasteiger partial charge in [-0.25, -0.2) is 4.39 Å². The van der Waals surface area contributed by atoms with Crippen molar-refractivity contribution in [3.8, 4) is 6.07 Å². The van der Waals surface area contributed by atoms with Gasteiger partial charge in [-0.3, -0.25) is 9.69 Å². The fourth-order valence-corrected chi connectivity index (χ4v) is 2.34. The van der Waals surface area contributed by atoms with E-state index in [4.69, 9.17) is 5.26 Å². The minimum absolute atomic E-state index is 0.204. The molecule has 1 atom stereocenters. The zero-order valence-corrected chi connectivity index (χ0v) is 13.1. The molecule has 0 aliphatic rings. The van der Waals surface area contributed by atoms with Crippen LogP contribution in [0.1, 0.15) is 22.7 Å². The van der Waals surface area contributed by atoms with Crippen LogP contribution in [0.25, 0.3) is 0 Å². The topological polar surface area (TPSA) is 56.1 Å². The number of nitrogens with zero attached hydrogens (tertiary/aromatic N) is 2. The van der Waals surface area contributed by atoms with Gasteiger partial charge in [0.15, 0.2) is 0 Å². The Morgan fingerprint density at radius 2 is 1.96 bits per heavy atom. The molecule has 0 bridgehead atoms. The maximum atomic E-state index is 13.4. The molecule has 118 valence electrons. The summed E-state index contributed by atoms with van der Waals surface area (Å²) in [6, 6.07) is 14.5. The number of nitrogens with one attached hydrogen (secondary N) is 1. The molecule has 0 aliphatic heterocycles. The molecule has 23 heavy (non-hydrogen) atoms. The van der Waals surface area contributed by atoms with E-state index in [2.05, 4.69) is 5.32 Å². The Morgan fingerprint density at radius 3 is 2.52 bits per heavy atom. The van der Waals surface area contributed by atoms with Crippen LogP contribution in [0.5, 0.6) is 0 Å². The lowest BCUT2D eigenvalue weighted by Gasteiger charge is -2.24. The lowest BCUT2D eigenvalue weighted by atomic mass is 10.0. The number of hydrogen-bond acceptors (Lipinski definition) is 3. The predicted octanol–water partition coefficient (Wildman–Crippen LogP) is 2.62. The van der Waals surface area contributed by atoms with E-state index in [1.807, 2.05) is 6.07 Å². The number of carbonyl (C=O) groups is 1. The van der Waals surface area contributed by atoms with Gasteiger partial charge in [-0.05, 0) is 49.5 Å². The third-order valence-corrected chi connectivity index (χ3v) is 3.48. The first kappa shape index (κ1) is 16.7. The summed E-state index contributed by atoms with van der Waals surface area (Å²) in [6.07, 6.45) is 0. The predicted molar refractivity (Wildman–Crippen MR) is 85.8 cm³/mol. The van der Waals surface area contributed by atoms with E-state index in [1.54, 1.807) is 55.4 Å². The van der Waals surface area contributed by atoms with Gasteiger partial charge in [0.25, 0.3) is 0 Å². The number of carbonyl (C=O) groups excluding carboxylic acids is 1. The van der Waals surface area contributed by atoms with Crippen LogP contribution in [0, 0.1) is 17.1 Å². The van der Waals surface area contributed by atoms with Gasteiger partial charge in [0.2, 0.25) is 5.91 Å². The highest BCUT2D eigenvalue weighted by Crippen LogP contribution is 2.19. The molecule has 0 fully saturated rings. The molecule has 0 unspecified atom stereocenters. The zero-order valence-electron chi connectivity index (χ0n) is 13.1. The van der Waals surface area contributed by atoms with Crippen molar-refractivity contribution in [2.45, 2.75) is 12.6 Å². The van der Waals surface area contributed by atoms with Gasteiger partial charge < -0.3 is 5.32 Å². The van der Waals surface area contributed by atoms with Gasteiger partial charge in [0.05, 0.1) is 11.6 Å². The standard InChI is InChI=1S/C18H18FN3O/c1-22(2)17(15-4-3-5-16(19)10-15)18(23)21-12-14-8-6-13(11-20)7-9-14/h3-10,17H,12H2,1-2H3,(H,21,23)/t17-/m1/s1. The van der Waals surface area contributed by atoms with Crippen molar-refractivity contribution in [1.29, 1.82) is 5.26 Å². The van der Waals surface area contributed by atoms with Crippen LogP contribution in [0.2, 0.25) is 0 Å². The van der Waals surface area contributed by atoms with Gasteiger partial charge in [-0.2, -0.15) is 5.26 Å². The molecule has 1 N–H and O–H groups in total. The maximum absolute atomic E-state index is 13.4. The molecule has 0 saturated heterocycles. The Hall–Kier alpha value is -2.71. The van der Waals surface area contributed by atoms with Gasteiger partial charge in [0.1, 0.15) is 11.9 Å². The Bertz CT molecular complexity index is 720. The van der Waals surface area contributed by atoms with Gasteiger partial charge in [0, 0.05) is 6.54 Å². The molecular weight excluding hydrogens is 293 g/mol. The Morgan fingerprint density at radius 1 is 1.26 bits per heavy atom. The summed E-state index contributed by atoms with van der Waals surface area (Å²) in [5, 5.41) is 11.6. The fraction of sp³-hybridized carbons (Fsp3) is 0.222. The average Bonchev–Trinajstić information content (AvgIpc) is 2.53. The first-order valence-corrected chi connectivity index (χ1v) is 7.20. The largest absolute Gasteiger partial charge is 0.350 e. The molecular formula is C18H18FN3O. The first-order valence-electron chi connectivity index (χ1n) is 7.20. The van der Waals surface area contributed by atoms with E-state index in [1.165, 1.54) is 12.1 Å². The minimum atomic E-state index is -0.566. The van der Waals surface area contributed by atoms with Crippen molar-refractivity contribution in [1.82, 2.24) is 10.2 Å². The van der Waals surface area contributed by atoms with Crippen LogP contribution < -0.4 is 5.32 Å². The molecule has 2 rings (SSSR count). The molecule has 0 spiro atoms. The van der Waals surface area contributed by atoms with E-state index in [-0.39, 0.29) is 11.7 Å². The SMILES string of the molecule is CN(C)[C@@H](C(=O)NCc1ccc(C#N)cc1)c1cccc(F)c1. The molecule has 0 aromatic heterocycles. The van der Waals surface area contributed by atoms with Crippen molar-refractivity contribution in [3.63, 3.8) is 0 Å². The monoisotopic (exact) mass is 311 g/mol. The Kier molecular flexibility index (Phi) is 5.45. The van der Waals surface area contributed by atoms with Crippen molar-refractivity contribution >= 4 is 5.91 Å². The second-order valence-electron chi connectivity index (χ2n) is 5.45. The molecule has 0 aliphatic carbocycles. The van der Waals surface area contributed by atoms with Crippen LogP contribution in [-0.2, 0) is 11.3 Å². The molecule has 5 heteroatoms. The highest BCUT2D eigenvalue weighted by atomic mass is 19.1. The molecule has 0 saturated carbocycles. The number of rotatable bonds is 5. The van der Waals surface area contributed by atoms with Crippen LogP contribution in [-0.4, -0.2) is 24.9 Å². The number of benzene rings is 2. The number of amides is 1. The highest BCUT2D eigenvalue weighted by molar-refractivity contribution is 5.83. The fourth-order valence-electron chi connectivity index (χ4n) is 2.34. The molecule has 2 aromatic rings. The number of likely N-dealkylation sites (N-methyl/N-ethyl adjacent to an activating group) is 1. The molecule has 0 radical (unpaired) electrons. The average molecular weight is 311 g/mol.